The Morgan fingerprint density at radius 2 is 2.06 bits per heavy atom. The average molecular weight is 268 g/mol. The second-order valence-corrected chi connectivity index (χ2v) is 5.96. The Bertz CT molecular complexity index is 350. The van der Waals surface area contributed by atoms with Crippen LogP contribution in [0.15, 0.2) is 4.99 Å². The molecule has 0 bridgehead atoms. The van der Waals surface area contributed by atoms with Crippen LogP contribution in [0, 0.1) is 17.8 Å². The van der Waals surface area contributed by atoms with Crippen molar-refractivity contribution in [3.05, 3.63) is 0 Å². The Labute approximate surface area is 115 Å². The summed E-state index contributed by atoms with van der Waals surface area (Å²) in [4.78, 5) is 16.7. The molecule has 1 aliphatic heterocycles. The number of nitrogens with one attached hydrogen (secondary N) is 1. The van der Waals surface area contributed by atoms with E-state index in [1.165, 1.54) is 0 Å². The lowest BCUT2D eigenvalue weighted by Gasteiger charge is -2.23. The van der Waals surface area contributed by atoms with Gasteiger partial charge in [0.15, 0.2) is 0 Å². The van der Waals surface area contributed by atoms with Gasteiger partial charge in [0, 0.05) is 31.2 Å². The summed E-state index contributed by atoms with van der Waals surface area (Å²) in [5, 5.41) is 3.30. The topological polar surface area (TPSA) is 41.5 Å². The van der Waals surface area contributed by atoms with Crippen molar-refractivity contribution in [2.75, 3.05) is 6.54 Å². The van der Waals surface area contributed by atoms with Gasteiger partial charge in [-0.05, 0) is 12.3 Å². The maximum atomic E-state index is 11.4. The van der Waals surface area contributed by atoms with Crippen LogP contribution in [0.25, 0.3) is 0 Å². The van der Waals surface area contributed by atoms with Crippen molar-refractivity contribution >= 4 is 28.8 Å². The number of carbonyl (C=O) groups excluding carboxylic acids is 1. The lowest BCUT2D eigenvalue weighted by atomic mass is 9.96. The lowest BCUT2D eigenvalue weighted by Crippen LogP contribution is -2.39. The highest BCUT2D eigenvalue weighted by Gasteiger charge is 2.19. The van der Waals surface area contributed by atoms with Crippen molar-refractivity contribution in [2.45, 2.75) is 47.0 Å². The van der Waals surface area contributed by atoms with Crippen LogP contribution < -0.4 is 5.32 Å². The number of aliphatic imine (C=N–C) groups is 1. The maximum absolute atomic E-state index is 11.4. The normalized spacial score (nSPS) is 23.1. The molecule has 4 heteroatoms. The molecule has 0 saturated heterocycles. The standard InChI is InChI=1S/C14H24N2OS/c1-9(2)11(4)14(18)16-13-10(3)5-6-12(17)7-8-15-13/h9-11H,5-8H2,1-4H3,(H,15,16,18). The first-order valence-electron chi connectivity index (χ1n) is 6.78. The molecule has 0 aliphatic carbocycles. The van der Waals surface area contributed by atoms with E-state index in [2.05, 4.69) is 38.0 Å². The summed E-state index contributed by atoms with van der Waals surface area (Å²) in [7, 11) is 0. The van der Waals surface area contributed by atoms with Gasteiger partial charge in [0.05, 0.1) is 4.99 Å². The van der Waals surface area contributed by atoms with Gasteiger partial charge < -0.3 is 5.32 Å². The second-order valence-electron chi connectivity index (χ2n) is 5.52. The highest BCUT2D eigenvalue weighted by molar-refractivity contribution is 7.80. The fourth-order valence-corrected chi connectivity index (χ4v) is 2.18. The number of hydrogen-bond donors (Lipinski definition) is 1. The minimum atomic E-state index is 0.284. The molecule has 0 aromatic heterocycles. The predicted octanol–water partition coefficient (Wildman–Crippen LogP) is 2.98. The van der Waals surface area contributed by atoms with Crippen molar-refractivity contribution < 1.29 is 4.79 Å². The Hall–Kier alpha value is -0.770. The molecule has 0 radical (unpaired) electrons. The van der Waals surface area contributed by atoms with Gasteiger partial charge >= 0.3 is 0 Å². The molecule has 2 atom stereocenters. The van der Waals surface area contributed by atoms with Crippen molar-refractivity contribution in [1.82, 2.24) is 5.32 Å². The SMILES string of the molecule is CC1CCC(=O)CCN=C1NC(=S)C(C)C(C)C. The third kappa shape index (κ3) is 4.48. The van der Waals surface area contributed by atoms with E-state index >= 15 is 0 Å². The molecule has 0 amide bonds. The van der Waals surface area contributed by atoms with E-state index in [1.54, 1.807) is 0 Å². The van der Waals surface area contributed by atoms with Gasteiger partial charge in [-0.1, -0.05) is 39.9 Å². The van der Waals surface area contributed by atoms with Crippen molar-refractivity contribution in [2.24, 2.45) is 22.7 Å². The minimum Gasteiger partial charge on any atom is -0.338 e. The van der Waals surface area contributed by atoms with Crippen LogP contribution >= 0.6 is 12.2 Å². The molecule has 0 saturated carbocycles. The summed E-state index contributed by atoms with van der Waals surface area (Å²) in [6.07, 6.45) is 2.09. The third-order valence-corrected chi connectivity index (χ3v) is 4.13. The zero-order valence-electron chi connectivity index (χ0n) is 11.8. The summed E-state index contributed by atoms with van der Waals surface area (Å²) in [5.74, 6) is 2.44. The highest BCUT2D eigenvalue weighted by atomic mass is 32.1. The molecule has 0 aromatic rings. The van der Waals surface area contributed by atoms with Crippen LogP contribution in [0.3, 0.4) is 0 Å². The number of rotatable bonds is 2. The van der Waals surface area contributed by atoms with Crippen LogP contribution in [-0.2, 0) is 4.79 Å². The maximum Gasteiger partial charge on any atom is 0.134 e. The molecule has 0 spiro atoms. The van der Waals surface area contributed by atoms with E-state index in [0.29, 0.717) is 37.0 Å². The summed E-state index contributed by atoms with van der Waals surface area (Å²) >= 11 is 5.43. The summed E-state index contributed by atoms with van der Waals surface area (Å²) in [6.45, 7) is 9.16. The number of amidine groups is 1. The Morgan fingerprint density at radius 3 is 2.67 bits per heavy atom. The van der Waals surface area contributed by atoms with Gasteiger partial charge in [0.1, 0.15) is 11.6 Å². The number of ketones is 1. The molecule has 102 valence electrons. The van der Waals surface area contributed by atoms with Crippen LogP contribution in [-0.4, -0.2) is 23.2 Å². The third-order valence-electron chi connectivity index (χ3n) is 3.66. The Balaban J connectivity index is 2.66. The number of nitrogens with zero attached hydrogens (tertiary/aromatic N) is 1. The number of hydrogen-bond acceptors (Lipinski definition) is 3. The molecule has 0 fully saturated rings. The highest BCUT2D eigenvalue weighted by Crippen LogP contribution is 2.15. The van der Waals surface area contributed by atoms with E-state index in [4.69, 9.17) is 12.2 Å². The summed E-state index contributed by atoms with van der Waals surface area (Å²) in [5.41, 5.74) is 0. The quantitative estimate of drug-likeness (QED) is 0.783. The molecule has 1 N–H and O–H groups in total. The van der Waals surface area contributed by atoms with Gasteiger partial charge in [-0.25, -0.2) is 0 Å². The first kappa shape index (κ1) is 15.3. The van der Waals surface area contributed by atoms with Crippen LogP contribution in [0.1, 0.15) is 47.0 Å². The average Bonchev–Trinajstić information content (AvgIpc) is 2.31. The smallest absolute Gasteiger partial charge is 0.134 e. The molecular weight excluding hydrogens is 244 g/mol. The minimum absolute atomic E-state index is 0.284. The van der Waals surface area contributed by atoms with Crippen molar-refractivity contribution in [1.29, 1.82) is 0 Å². The van der Waals surface area contributed by atoms with Crippen molar-refractivity contribution in [3.63, 3.8) is 0 Å². The van der Waals surface area contributed by atoms with Gasteiger partial charge in [0.2, 0.25) is 0 Å². The summed E-state index contributed by atoms with van der Waals surface area (Å²) < 4.78 is 0. The largest absolute Gasteiger partial charge is 0.338 e. The van der Waals surface area contributed by atoms with E-state index in [1.807, 2.05) is 0 Å². The van der Waals surface area contributed by atoms with Crippen LogP contribution in [0.4, 0.5) is 0 Å². The van der Waals surface area contributed by atoms with E-state index in [0.717, 1.165) is 17.2 Å². The molecule has 1 heterocycles. The molecule has 3 nitrogen and oxygen atoms in total. The molecule has 1 rings (SSSR count). The van der Waals surface area contributed by atoms with E-state index in [9.17, 15) is 4.79 Å². The second kappa shape index (κ2) is 6.98. The molecule has 2 unspecified atom stereocenters. The van der Waals surface area contributed by atoms with Crippen molar-refractivity contribution in [3.8, 4) is 0 Å². The van der Waals surface area contributed by atoms with E-state index < -0.39 is 0 Å². The Morgan fingerprint density at radius 1 is 1.39 bits per heavy atom. The predicted molar refractivity (Wildman–Crippen MR) is 80.1 cm³/mol. The molecule has 1 aliphatic rings. The monoisotopic (exact) mass is 268 g/mol. The zero-order chi connectivity index (χ0) is 13.7. The van der Waals surface area contributed by atoms with E-state index in [-0.39, 0.29) is 5.92 Å². The summed E-state index contributed by atoms with van der Waals surface area (Å²) in [6, 6.07) is 0. The lowest BCUT2D eigenvalue weighted by molar-refractivity contribution is -0.119. The molecule has 0 aromatic carbocycles. The molecule has 18 heavy (non-hydrogen) atoms. The van der Waals surface area contributed by atoms with Crippen LogP contribution in [0.5, 0.6) is 0 Å². The fraction of sp³-hybridized carbons (Fsp3) is 0.786. The first-order chi connectivity index (χ1) is 8.41. The Kier molecular flexibility index (Phi) is 5.93. The molecular formula is C14H24N2OS. The van der Waals surface area contributed by atoms with Gasteiger partial charge in [-0.2, -0.15) is 0 Å². The van der Waals surface area contributed by atoms with Gasteiger partial charge in [-0.15, -0.1) is 0 Å². The number of Topliss-reactive ketones (excluding diaryl/α,β-unsaturated/α-hetero) is 1. The fourth-order valence-electron chi connectivity index (χ4n) is 1.80. The number of thiocarbonyl (C=S) groups is 1. The zero-order valence-corrected chi connectivity index (χ0v) is 12.6. The van der Waals surface area contributed by atoms with Crippen LogP contribution in [0.2, 0.25) is 0 Å². The van der Waals surface area contributed by atoms with Gasteiger partial charge in [0.25, 0.3) is 0 Å². The van der Waals surface area contributed by atoms with Gasteiger partial charge in [-0.3, -0.25) is 9.79 Å². The number of carbonyl (C=O) groups is 1. The first-order valence-corrected chi connectivity index (χ1v) is 7.19.